The molecule has 0 aromatic carbocycles. The third-order valence-electron chi connectivity index (χ3n) is 3.83. The third kappa shape index (κ3) is 2.83. The first-order chi connectivity index (χ1) is 8.23. The number of rotatable bonds is 4. The Balaban J connectivity index is 2.92. The van der Waals surface area contributed by atoms with Gasteiger partial charge in [0.15, 0.2) is 0 Å². The maximum absolute atomic E-state index is 11.0. The van der Waals surface area contributed by atoms with Crippen LogP contribution in [-0.4, -0.2) is 50.5 Å². The predicted molar refractivity (Wildman–Crippen MR) is 62.7 cm³/mol. The van der Waals surface area contributed by atoms with Gasteiger partial charge in [0.2, 0.25) is 0 Å². The number of hydrogen-bond acceptors (Lipinski definition) is 5. The van der Waals surface area contributed by atoms with Gasteiger partial charge in [0.25, 0.3) is 5.79 Å². The highest BCUT2D eigenvalue weighted by atomic mass is 16.7. The zero-order valence-corrected chi connectivity index (χ0v) is 10.9. The van der Waals surface area contributed by atoms with Crippen molar-refractivity contribution in [2.75, 3.05) is 0 Å². The zero-order chi connectivity index (χ0) is 14.1. The van der Waals surface area contributed by atoms with E-state index in [0.717, 1.165) is 0 Å². The van der Waals surface area contributed by atoms with Crippen molar-refractivity contribution in [2.45, 2.75) is 57.7 Å². The maximum Gasteiger partial charge on any atom is 0.364 e. The van der Waals surface area contributed by atoms with Gasteiger partial charge in [-0.2, -0.15) is 0 Å². The highest BCUT2D eigenvalue weighted by molar-refractivity contribution is 5.75. The van der Waals surface area contributed by atoms with Gasteiger partial charge < -0.3 is 25.2 Å². The zero-order valence-electron chi connectivity index (χ0n) is 10.9. The molecule has 6 heteroatoms. The Morgan fingerprint density at radius 1 is 1.44 bits per heavy atom. The predicted octanol–water partition coefficient (Wildman–Crippen LogP) is -0.0475. The van der Waals surface area contributed by atoms with Gasteiger partial charge in [-0.1, -0.05) is 20.8 Å². The van der Waals surface area contributed by atoms with Crippen LogP contribution in [0.25, 0.3) is 0 Å². The molecule has 1 fully saturated rings. The molecule has 1 rings (SSSR count). The number of ether oxygens (including phenoxy) is 1. The average molecular weight is 262 g/mol. The Kier molecular flexibility index (Phi) is 4.72. The standard InChI is InChI=1S/C12H22O6/c1-4-8(13)9(14)10-7(3)6(2)5-12(17,18-10)11(15)16/h6-10,13-14,17H,4-5H2,1-3H3,(H,15,16). The Bertz CT molecular complexity index is 307. The molecule has 6 atom stereocenters. The lowest BCUT2D eigenvalue weighted by Crippen LogP contribution is -2.57. The molecular weight excluding hydrogens is 240 g/mol. The SMILES string of the molecule is CCC(O)C(O)C1OC(O)(C(=O)O)CC(C)C1C. The number of carbonyl (C=O) groups is 1. The molecule has 1 saturated heterocycles. The fourth-order valence-corrected chi connectivity index (χ4v) is 2.31. The van der Waals surface area contributed by atoms with Crippen LogP contribution in [0.15, 0.2) is 0 Å². The minimum absolute atomic E-state index is 0.0328. The second-order valence-corrected chi connectivity index (χ2v) is 5.18. The molecule has 0 bridgehead atoms. The van der Waals surface area contributed by atoms with Crippen molar-refractivity contribution in [3.8, 4) is 0 Å². The van der Waals surface area contributed by atoms with Crippen LogP contribution in [0, 0.1) is 11.8 Å². The Hall–Kier alpha value is -0.690. The first-order valence-corrected chi connectivity index (χ1v) is 6.22. The summed E-state index contributed by atoms with van der Waals surface area (Å²) < 4.78 is 5.15. The van der Waals surface area contributed by atoms with Crippen molar-refractivity contribution in [3.63, 3.8) is 0 Å². The van der Waals surface area contributed by atoms with Crippen LogP contribution in [0.1, 0.15) is 33.6 Å². The third-order valence-corrected chi connectivity index (χ3v) is 3.83. The van der Waals surface area contributed by atoms with Gasteiger partial charge in [-0.3, -0.25) is 0 Å². The molecule has 18 heavy (non-hydrogen) atoms. The van der Waals surface area contributed by atoms with Gasteiger partial charge in [0.1, 0.15) is 6.10 Å². The van der Waals surface area contributed by atoms with Crippen molar-refractivity contribution in [1.29, 1.82) is 0 Å². The fourth-order valence-electron chi connectivity index (χ4n) is 2.31. The van der Waals surface area contributed by atoms with Crippen LogP contribution in [0.2, 0.25) is 0 Å². The summed E-state index contributed by atoms with van der Waals surface area (Å²) >= 11 is 0. The molecule has 4 N–H and O–H groups in total. The molecule has 1 aliphatic rings. The Morgan fingerprint density at radius 2 is 2.00 bits per heavy atom. The molecular formula is C12H22O6. The summed E-state index contributed by atoms with van der Waals surface area (Å²) in [6.45, 7) is 5.30. The quantitative estimate of drug-likeness (QED) is 0.566. The van der Waals surface area contributed by atoms with E-state index in [4.69, 9.17) is 9.84 Å². The van der Waals surface area contributed by atoms with Gasteiger partial charge in [-0.25, -0.2) is 4.79 Å². The van der Waals surface area contributed by atoms with E-state index in [1.807, 2.05) is 6.92 Å². The second kappa shape index (κ2) is 5.52. The van der Waals surface area contributed by atoms with E-state index in [2.05, 4.69) is 0 Å². The van der Waals surface area contributed by atoms with Crippen LogP contribution < -0.4 is 0 Å². The molecule has 6 nitrogen and oxygen atoms in total. The largest absolute Gasteiger partial charge is 0.477 e. The van der Waals surface area contributed by atoms with Crippen molar-refractivity contribution in [3.05, 3.63) is 0 Å². The number of hydrogen-bond donors (Lipinski definition) is 4. The van der Waals surface area contributed by atoms with Gasteiger partial charge >= 0.3 is 5.97 Å². The van der Waals surface area contributed by atoms with E-state index in [9.17, 15) is 20.1 Å². The van der Waals surface area contributed by atoms with Crippen LogP contribution >= 0.6 is 0 Å². The molecule has 0 aliphatic carbocycles. The lowest BCUT2D eigenvalue weighted by atomic mass is 9.79. The lowest BCUT2D eigenvalue weighted by molar-refractivity contribution is -0.293. The van der Waals surface area contributed by atoms with E-state index >= 15 is 0 Å². The van der Waals surface area contributed by atoms with Crippen LogP contribution in [0.5, 0.6) is 0 Å². The number of aliphatic carboxylic acids is 1. The topological polar surface area (TPSA) is 107 Å². The summed E-state index contributed by atoms with van der Waals surface area (Å²) in [6.07, 6.45) is -2.81. The highest BCUT2D eigenvalue weighted by Gasteiger charge is 2.50. The molecule has 0 amide bonds. The van der Waals surface area contributed by atoms with Crippen LogP contribution in [-0.2, 0) is 9.53 Å². The van der Waals surface area contributed by atoms with E-state index in [0.29, 0.717) is 6.42 Å². The number of carboxylic acids is 1. The minimum atomic E-state index is -2.29. The molecule has 1 aliphatic heterocycles. The molecule has 0 aromatic heterocycles. The van der Waals surface area contributed by atoms with Gasteiger partial charge in [0.05, 0.1) is 12.2 Å². The van der Waals surface area contributed by atoms with E-state index in [1.54, 1.807) is 13.8 Å². The Morgan fingerprint density at radius 3 is 2.44 bits per heavy atom. The highest BCUT2D eigenvalue weighted by Crippen LogP contribution is 2.37. The van der Waals surface area contributed by atoms with Crippen molar-refractivity contribution in [2.24, 2.45) is 11.8 Å². The molecule has 0 saturated carbocycles. The molecule has 0 spiro atoms. The number of aliphatic hydroxyl groups is 3. The summed E-state index contributed by atoms with van der Waals surface area (Å²) in [5.41, 5.74) is 0. The van der Waals surface area contributed by atoms with Crippen molar-refractivity contribution in [1.82, 2.24) is 0 Å². The van der Waals surface area contributed by atoms with E-state index < -0.39 is 30.1 Å². The summed E-state index contributed by atoms with van der Waals surface area (Å²) in [5.74, 6) is -4.04. The van der Waals surface area contributed by atoms with E-state index in [-0.39, 0.29) is 18.3 Å². The minimum Gasteiger partial charge on any atom is -0.477 e. The maximum atomic E-state index is 11.0. The average Bonchev–Trinajstić information content (AvgIpc) is 2.31. The summed E-state index contributed by atoms with van der Waals surface area (Å²) in [6, 6.07) is 0. The van der Waals surface area contributed by atoms with Gasteiger partial charge in [0, 0.05) is 6.42 Å². The van der Waals surface area contributed by atoms with Crippen LogP contribution in [0.4, 0.5) is 0 Å². The smallest absolute Gasteiger partial charge is 0.364 e. The van der Waals surface area contributed by atoms with Gasteiger partial charge in [-0.15, -0.1) is 0 Å². The number of aliphatic hydroxyl groups excluding tert-OH is 2. The summed E-state index contributed by atoms with van der Waals surface area (Å²) in [7, 11) is 0. The van der Waals surface area contributed by atoms with Crippen LogP contribution in [0.3, 0.4) is 0 Å². The molecule has 106 valence electrons. The molecule has 1 heterocycles. The lowest BCUT2D eigenvalue weighted by Gasteiger charge is -2.44. The molecule has 0 aromatic rings. The van der Waals surface area contributed by atoms with E-state index in [1.165, 1.54) is 0 Å². The second-order valence-electron chi connectivity index (χ2n) is 5.18. The normalized spacial score (nSPS) is 40.2. The fraction of sp³-hybridized carbons (Fsp3) is 0.917. The molecule has 6 unspecified atom stereocenters. The monoisotopic (exact) mass is 262 g/mol. The van der Waals surface area contributed by atoms with Crippen molar-refractivity contribution < 1.29 is 30.0 Å². The first-order valence-electron chi connectivity index (χ1n) is 6.22. The first kappa shape index (κ1) is 15.4. The number of carboxylic acid groups (broad SMARTS) is 1. The Labute approximate surface area is 106 Å². The van der Waals surface area contributed by atoms with Gasteiger partial charge in [-0.05, 0) is 18.3 Å². The molecule has 0 radical (unpaired) electrons. The van der Waals surface area contributed by atoms with Crippen molar-refractivity contribution >= 4 is 5.97 Å². The summed E-state index contributed by atoms with van der Waals surface area (Å²) in [5, 5.41) is 38.5. The summed E-state index contributed by atoms with van der Waals surface area (Å²) in [4.78, 5) is 11.0.